The van der Waals surface area contributed by atoms with Crippen LogP contribution in [0, 0.1) is 23.7 Å². The van der Waals surface area contributed by atoms with E-state index in [1.807, 2.05) is 0 Å². The van der Waals surface area contributed by atoms with Crippen molar-refractivity contribution in [1.82, 2.24) is 15.1 Å². The number of hydrogen-bond donors (Lipinski definition) is 1. The Labute approximate surface area is 230 Å². The predicted octanol–water partition coefficient (Wildman–Crippen LogP) is 6.53. The number of rotatable bonds is 6. The van der Waals surface area contributed by atoms with E-state index in [1.165, 1.54) is 32.1 Å². The molecule has 3 aliphatic carbocycles. The number of hydrogen-bond acceptors (Lipinski definition) is 3. The first-order chi connectivity index (χ1) is 17.9. The first-order valence-corrected chi connectivity index (χ1v) is 15.4. The van der Waals surface area contributed by atoms with Gasteiger partial charge in [0.2, 0.25) is 5.91 Å². The average molecular weight is 619 g/mol. The summed E-state index contributed by atoms with van der Waals surface area (Å²) in [6.45, 7) is 3.18. The third kappa shape index (κ3) is 8.02. The van der Waals surface area contributed by atoms with E-state index in [1.54, 1.807) is 0 Å². The summed E-state index contributed by atoms with van der Waals surface area (Å²) in [5.74, 6) is -4.90. The number of nitrogens with one attached hydrogen (secondary N) is 1. The van der Waals surface area contributed by atoms with Gasteiger partial charge in [-0.3, -0.25) is 14.6 Å². The van der Waals surface area contributed by atoms with E-state index < -0.39 is 36.5 Å². The van der Waals surface area contributed by atoms with E-state index in [-0.39, 0.29) is 37.3 Å². The molecule has 0 bridgehead atoms. The molecule has 0 spiro atoms. The summed E-state index contributed by atoms with van der Waals surface area (Å²) in [6.07, 6.45) is -1.04. The van der Waals surface area contributed by atoms with Crippen molar-refractivity contribution in [3.8, 4) is 0 Å². The molecule has 3 atom stereocenters. The molecule has 38 heavy (non-hydrogen) atoms. The van der Waals surface area contributed by atoms with E-state index in [2.05, 4.69) is 31.0 Å². The molecule has 11 heteroatoms. The highest BCUT2D eigenvalue weighted by Crippen LogP contribution is 2.47. The van der Waals surface area contributed by atoms with Crippen LogP contribution in [0.5, 0.6) is 0 Å². The fourth-order valence-corrected chi connectivity index (χ4v) is 7.92. The van der Waals surface area contributed by atoms with Crippen molar-refractivity contribution in [2.24, 2.45) is 23.7 Å². The van der Waals surface area contributed by atoms with Crippen molar-refractivity contribution in [2.45, 2.75) is 106 Å². The molecule has 3 saturated carbocycles. The Hall–Kier alpha value is -0.550. The molecule has 0 aromatic rings. The van der Waals surface area contributed by atoms with Gasteiger partial charge in [-0.15, -0.1) is 0 Å². The molecule has 4 rings (SSSR count). The summed E-state index contributed by atoms with van der Waals surface area (Å²) in [4.78, 5) is 18.8. The SMILES string of the molecule is O=C(NCC1CC(C(F)(F)F)CC(C(F)(F)F)C1)C(C1CCC(Br)CC1)N1CCN(C2CCCCC2)CC1. The van der Waals surface area contributed by atoms with Gasteiger partial charge in [-0.2, -0.15) is 26.3 Å². The van der Waals surface area contributed by atoms with Gasteiger partial charge in [0.05, 0.1) is 17.9 Å². The van der Waals surface area contributed by atoms with Crippen LogP contribution in [0.1, 0.15) is 77.0 Å². The lowest BCUT2D eigenvalue weighted by Crippen LogP contribution is -2.59. The summed E-state index contributed by atoms with van der Waals surface area (Å²) in [6, 6.07) is 0.223. The number of alkyl halides is 7. The van der Waals surface area contributed by atoms with Gasteiger partial charge in [0.15, 0.2) is 0 Å². The van der Waals surface area contributed by atoms with Gasteiger partial charge in [-0.05, 0) is 69.6 Å². The normalized spacial score (nSPS) is 34.1. The Kier molecular flexibility index (Phi) is 10.4. The molecular weight excluding hydrogens is 576 g/mol. The van der Waals surface area contributed by atoms with Crippen molar-refractivity contribution < 1.29 is 31.1 Å². The van der Waals surface area contributed by atoms with Gasteiger partial charge in [0, 0.05) is 43.6 Å². The van der Waals surface area contributed by atoms with Crippen LogP contribution in [0.4, 0.5) is 26.3 Å². The fraction of sp³-hybridized carbons (Fsp3) is 0.963. The van der Waals surface area contributed by atoms with Crippen LogP contribution in [-0.2, 0) is 4.79 Å². The third-order valence-corrected chi connectivity index (χ3v) is 10.5. The largest absolute Gasteiger partial charge is 0.391 e. The van der Waals surface area contributed by atoms with Crippen LogP contribution in [0.2, 0.25) is 0 Å². The topological polar surface area (TPSA) is 35.6 Å². The van der Waals surface area contributed by atoms with Crippen LogP contribution >= 0.6 is 15.9 Å². The highest BCUT2D eigenvalue weighted by molar-refractivity contribution is 9.09. The van der Waals surface area contributed by atoms with Gasteiger partial charge < -0.3 is 5.32 Å². The van der Waals surface area contributed by atoms with Gasteiger partial charge in [0.1, 0.15) is 0 Å². The molecule has 1 heterocycles. The zero-order chi connectivity index (χ0) is 27.5. The molecule has 1 amide bonds. The third-order valence-electron chi connectivity index (χ3n) is 9.55. The number of halogens is 7. The molecule has 3 unspecified atom stereocenters. The van der Waals surface area contributed by atoms with Gasteiger partial charge in [0.25, 0.3) is 0 Å². The molecule has 4 aliphatic rings. The molecule has 1 saturated heterocycles. The van der Waals surface area contributed by atoms with Crippen LogP contribution in [0.15, 0.2) is 0 Å². The second kappa shape index (κ2) is 13.0. The maximum Gasteiger partial charge on any atom is 0.391 e. The van der Waals surface area contributed by atoms with E-state index in [9.17, 15) is 31.1 Å². The molecule has 0 radical (unpaired) electrons. The number of piperazine rings is 1. The summed E-state index contributed by atoms with van der Waals surface area (Å²) in [7, 11) is 0. The summed E-state index contributed by atoms with van der Waals surface area (Å²) < 4.78 is 80.5. The van der Waals surface area contributed by atoms with Gasteiger partial charge in [-0.1, -0.05) is 35.2 Å². The Morgan fingerprint density at radius 3 is 1.87 bits per heavy atom. The second-order valence-electron chi connectivity index (χ2n) is 12.1. The van der Waals surface area contributed by atoms with Crippen molar-refractivity contribution >= 4 is 21.8 Å². The lowest BCUT2D eigenvalue weighted by Gasteiger charge is -2.45. The monoisotopic (exact) mass is 617 g/mol. The average Bonchev–Trinajstić information content (AvgIpc) is 2.88. The number of nitrogens with zero attached hydrogens (tertiary/aromatic N) is 2. The molecule has 0 aromatic carbocycles. The Bertz CT molecular complexity index is 737. The summed E-state index contributed by atoms with van der Waals surface area (Å²) in [5.41, 5.74) is 0. The maximum atomic E-state index is 13.6. The first kappa shape index (κ1) is 30.4. The van der Waals surface area contributed by atoms with Crippen molar-refractivity contribution in [2.75, 3.05) is 32.7 Å². The first-order valence-electron chi connectivity index (χ1n) is 14.4. The predicted molar refractivity (Wildman–Crippen MR) is 138 cm³/mol. The maximum absolute atomic E-state index is 13.6. The highest BCUT2D eigenvalue weighted by Gasteiger charge is 2.52. The lowest BCUT2D eigenvalue weighted by molar-refractivity contribution is -0.228. The molecule has 4 nitrogen and oxygen atoms in total. The summed E-state index contributed by atoms with van der Waals surface area (Å²) in [5, 5.41) is 2.84. The lowest BCUT2D eigenvalue weighted by atomic mass is 9.74. The quantitative estimate of drug-likeness (QED) is 0.272. The highest BCUT2D eigenvalue weighted by atomic mass is 79.9. The van der Waals surface area contributed by atoms with Crippen molar-refractivity contribution in [3.63, 3.8) is 0 Å². The molecule has 4 fully saturated rings. The van der Waals surface area contributed by atoms with E-state index in [0.717, 1.165) is 51.9 Å². The molecule has 220 valence electrons. The van der Waals surface area contributed by atoms with Crippen LogP contribution in [-0.4, -0.2) is 77.7 Å². The fourth-order valence-electron chi connectivity index (χ4n) is 7.39. The van der Waals surface area contributed by atoms with E-state index in [0.29, 0.717) is 10.9 Å². The minimum absolute atomic E-state index is 0.135. The Morgan fingerprint density at radius 1 is 0.789 bits per heavy atom. The van der Waals surface area contributed by atoms with Gasteiger partial charge in [-0.25, -0.2) is 0 Å². The molecular formula is C27H42BrF6N3O. The van der Waals surface area contributed by atoms with Crippen LogP contribution in [0.3, 0.4) is 0 Å². The number of carbonyl (C=O) groups is 1. The van der Waals surface area contributed by atoms with Crippen molar-refractivity contribution in [3.05, 3.63) is 0 Å². The molecule has 0 aromatic heterocycles. The second-order valence-corrected chi connectivity index (χ2v) is 13.4. The number of carbonyl (C=O) groups excluding carboxylic acids is 1. The number of amides is 1. The minimum atomic E-state index is -4.67. The zero-order valence-electron chi connectivity index (χ0n) is 22.0. The van der Waals surface area contributed by atoms with Crippen LogP contribution in [0.25, 0.3) is 0 Å². The Morgan fingerprint density at radius 2 is 1.34 bits per heavy atom. The minimum Gasteiger partial charge on any atom is -0.354 e. The zero-order valence-corrected chi connectivity index (χ0v) is 23.6. The smallest absolute Gasteiger partial charge is 0.354 e. The van der Waals surface area contributed by atoms with E-state index >= 15 is 0 Å². The molecule has 1 aliphatic heterocycles. The van der Waals surface area contributed by atoms with Gasteiger partial charge >= 0.3 is 12.4 Å². The Balaban J connectivity index is 1.39. The van der Waals surface area contributed by atoms with Crippen LogP contribution < -0.4 is 5.32 Å². The van der Waals surface area contributed by atoms with E-state index in [4.69, 9.17) is 0 Å². The standard InChI is InChI=1S/C27H42BrF6N3O/c28-22-8-6-19(7-9-22)24(37-12-10-36(11-13-37)23-4-2-1-3-5-23)25(38)35-17-18-14-20(26(29,30)31)16-21(15-18)27(32,33)34/h18-24H,1-17H2,(H,35,38). The van der Waals surface area contributed by atoms with Crippen molar-refractivity contribution in [1.29, 1.82) is 0 Å². The summed E-state index contributed by atoms with van der Waals surface area (Å²) >= 11 is 3.67. The molecule has 1 N–H and O–H groups in total.